The highest BCUT2D eigenvalue weighted by atomic mass is 32.2. The lowest BCUT2D eigenvalue weighted by Crippen LogP contribution is -2.46. The predicted octanol–water partition coefficient (Wildman–Crippen LogP) is 5.01. The lowest BCUT2D eigenvalue weighted by atomic mass is 10.2. The van der Waals surface area contributed by atoms with E-state index >= 15 is 0 Å². The van der Waals surface area contributed by atoms with Crippen molar-refractivity contribution in [3.63, 3.8) is 0 Å². The van der Waals surface area contributed by atoms with Crippen molar-refractivity contribution < 1.29 is 18.0 Å². The van der Waals surface area contributed by atoms with Gasteiger partial charge in [-0.2, -0.15) is 13.2 Å². The van der Waals surface area contributed by atoms with Crippen molar-refractivity contribution in [3.05, 3.63) is 33.2 Å². The van der Waals surface area contributed by atoms with Gasteiger partial charge in [-0.1, -0.05) is 17.8 Å². The van der Waals surface area contributed by atoms with Crippen molar-refractivity contribution >= 4 is 50.6 Å². The number of carbonyl (C=O) groups excluding carboxylic acids is 1. The van der Waals surface area contributed by atoms with Crippen LogP contribution in [0.15, 0.2) is 32.8 Å². The Bertz CT molecular complexity index is 1150. The van der Waals surface area contributed by atoms with Crippen LogP contribution in [0.1, 0.15) is 19.8 Å². The van der Waals surface area contributed by atoms with E-state index in [9.17, 15) is 22.8 Å². The molecule has 4 rings (SSSR count). The zero-order chi connectivity index (χ0) is 22.3. The van der Waals surface area contributed by atoms with Gasteiger partial charge in [0.1, 0.15) is 11.4 Å². The second-order valence-corrected chi connectivity index (χ2v) is 10.3. The van der Waals surface area contributed by atoms with E-state index in [1.54, 1.807) is 14.0 Å². The third-order valence-corrected chi connectivity index (χ3v) is 8.14. The highest BCUT2D eigenvalue weighted by molar-refractivity contribution is 7.99. The van der Waals surface area contributed by atoms with Crippen LogP contribution < -0.4 is 5.56 Å². The molecule has 0 aromatic carbocycles. The van der Waals surface area contributed by atoms with Crippen LogP contribution in [0.3, 0.4) is 0 Å². The van der Waals surface area contributed by atoms with Gasteiger partial charge in [0, 0.05) is 28.9 Å². The molecular formula is C20H20F3N3O2S3. The third-order valence-electron chi connectivity index (χ3n) is 5.35. The second kappa shape index (κ2) is 8.59. The molecule has 166 valence electrons. The van der Waals surface area contributed by atoms with Crippen LogP contribution >= 0.6 is 34.4 Å². The molecule has 5 nitrogen and oxygen atoms in total. The first-order valence-electron chi connectivity index (χ1n) is 9.67. The summed E-state index contributed by atoms with van der Waals surface area (Å²) in [7, 11) is 1.57. The zero-order valence-corrected chi connectivity index (χ0v) is 19.3. The van der Waals surface area contributed by atoms with Crippen LogP contribution in [0.2, 0.25) is 0 Å². The quantitative estimate of drug-likeness (QED) is 0.348. The molecule has 0 radical (unpaired) electrons. The number of thioether (sulfide) groups is 1. The summed E-state index contributed by atoms with van der Waals surface area (Å²) >= 11 is 3.87. The van der Waals surface area contributed by atoms with E-state index in [4.69, 9.17) is 0 Å². The molecule has 1 aliphatic carbocycles. The smallest absolute Gasteiger partial charge is 0.330 e. The van der Waals surface area contributed by atoms with E-state index in [0.717, 1.165) is 39.9 Å². The Morgan fingerprint density at radius 2 is 2.13 bits per heavy atom. The number of alkyl halides is 3. The highest BCUT2D eigenvalue weighted by Gasteiger charge is 2.40. The van der Waals surface area contributed by atoms with Gasteiger partial charge in [0.15, 0.2) is 5.16 Å². The van der Waals surface area contributed by atoms with Gasteiger partial charge in [0.05, 0.1) is 11.1 Å². The topological polar surface area (TPSA) is 55.2 Å². The molecule has 0 aliphatic heterocycles. The van der Waals surface area contributed by atoms with E-state index in [2.05, 4.69) is 4.98 Å². The average molecular weight is 488 g/mol. The predicted molar refractivity (Wildman–Crippen MR) is 119 cm³/mol. The van der Waals surface area contributed by atoms with Crippen molar-refractivity contribution in [2.45, 2.75) is 37.1 Å². The first kappa shape index (κ1) is 22.3. The van der Waals surface area contributed by atoms with Crippen molar-refractivity contribution in [1.82, 2.24) is 14.5 Å². The summed E-state index contributed by atoms with van der Waals surface area (Å²) in [6, 6.07) is 3.38. The van der Waals surface area contributed by atoms with Gasteiger partial charge in [-0.15, -0.1) is 22.7 Å². The molecule has 31 heavy (non-hydrogen) atoms. The summed E-state index contributed by atoms with van der Waals surface area (Å²) in [5, 5.41) is 4.65. The van der Waals surface area contributed by atoms with Crippen molar-refractivity contribution in [1.29, 1.82) is 0 Å². The number of thiophene rings is 2. The van der Waals surface area contributed by atoms with Crippen molar-refractivity contribution in [2.75, 3.05) is 12.3 Å². The fourth-order valence-corrected chi connectivity index (χ4v) is 6.15. The second-order valence-electron chi connectivity index (χ2n) is 7.57. The van der Waals surface area contributed by atoms with Gasteiger partial charge >= 0.3 is 6.18 Å². The molecule has 3 heterocycles. The molecular weight excluding hydrogens is 467 g/mol. The molecule has 1 aliphatic rings. The molecule has 1 amide bonds. The van der Waals surface area contributed by atoms with Crippen LogP contribution in [0.25, 0.3) is 20.7 Å². The zero-order valence-electron chi connectivity index (χ0n) is 16.8. The lowest BCUT2D eigenvalue weighted by molar-refractivity contribution is -0.164. The van der Waals surface area contributed by atoms with Crippen LogP contribution in [0, 0.1) is 5.92 Å². The van der Waals surface area contributed by atoms with Crippen LogP contribution in [-0.2, 0) is 11.8 Å². The number of amides is 1. The Hall–Kier alpha value is -1.85. The number of rotatable bonds is 7. The summed E-state index contributed by atoms with van der Waals surface area (Å²) in [4.78, 5) is 32.6. The SMILES string of the molecule is CC(C1CC1)N(CC(F)(F)F)C(=O)CSc1nc2scc(-c3cccs3)c2c(=O)n1C. The maximum Gasteiger partial charge on any atom is 0.406 e. The molecule has 1 unspecified atom stereocenters. The van der Waals surface area contributed by atoms with Crippen LogP contribution in [-0.4, -0.2) is 44.9 Å². The molecule has 0 spiro atoms. The number of aromatic nitrogens is 2. The molecule has 1 fully saturated rings. The Morgan fingerprint density at radius 1 is 1.39 bits per heavy atom. The highest BCUT2D eigenvalue weighted by Crippen LogP contribution is 2.37. The fraction of sp³-hybridized carbons (Fsp3) is 0.450. The molecule has 0 N–H and O–H groups in total. The van der Waals surface area contributed by atoms with Gasteiger partial charge < -0.3 is 4.90 Å². The van der Waals surface area contributed by atoms with Gasteiger partial charge in [0.2, 0.25) is 5.91 Å². The van der Waals surface area contributed by atoms with E-state index in [-0.39, 0.29) is 17.2 Å². The monoisotopic (exact) mass is 487 g/mol. The van der Waals surface area contributed by atoms with Crippen molar-refractivity contribution in [3.8, 4) is 10.4 Å². The van der Waals surface area contributed by atoms with E-state index in [1.807, 2.05) is 22.9 Å². The number of hydrogen-bond donors (Lipinski definition) is 0. The van der Waals surface area contributed by atoms with Gasteiger partial charge in [-0.25, -0.2) is 4.98 Å². The number of hydrogen-bond acceptors (Lipinski definition) is 6. The third kappa shape index (κ3) is 4.83. The minimum absolute atomic E-state index is 0.122. The fourth-order valence-electron chi connectivity index (χ4n) is 3.49. The van der Waals surface area contributed by atoms with E-state index < -0.39 is 24.7 Å². The molecule has 0 saturated heterocycles. The standard InChI is InChI=1S/C20H20F3N3O2S3/c1-11(12-5-6-12)26(10-20(21,22)23)15(27)9-31-19-24-17-16(18(28)25(19)2)13(8-30-17)14-4-3-7-29-14/h3-4,7-8,11-12H,5-6,9-10H2,1-2H3. The Morgan fingerprint density at radius 3 is 2.74 bits per heavy atom. The Balaban J connectivity index is 1.56. The lowest BCUT2D eigenvalue weighted by Gasteiger charge is -2.30. The summed E-state index contributed by atoms with van der Waals surface area (Å²) in [5.41, 5.74) is 0.591. The van der Waals surface area contributed by atoms with E-state index in [0.29, 0.717) is 15.4 Å². The molecule has 11 heteroatoms. The normalized spacial score (nSPS) is 15.4. The number of nitrogens with zero attached hydrogens (tertiary/aromatic N) is 3. The number of halogens is 3. The summed E-state index contributed by atoms with van der Waals surface area (Å²) in [5.74, 6) is -0.680. The maximum atomic E-state index is 13.0. The van der Waals surface area contributed by atoms with Crippen LogP contribution in [0.5, 0.6) is 0 Å². The number of carbonyl (C=O) groups is 1. The maximum absolute atomic E-state index is 13.0. The molecule has 1 saturated carbocycles. The molecule has 3 aromatic heterocycles. The van der Waals surface area contributed by atoms with E-state index in [1.165, 1.54) is 27.2 Å². The van der Waals surface area contributed by atoms with Gasteiger partial charge in [-0.05, 0) is 37.1 Å². The minimum Gasteiger partial charge on any atom is -0.330 e. The summed E-state index contributed by atoms with van der Waals surface area (Å²) in [6.07, 6.45) is -2.77. The minimum atomic E-state index is -4.46. The van der Waals surface area contributed by atoms with Gasteiger partial charge in [-0.3, -0.25) is 14.2 Å². The first-order valence-corrected chi connectivity index (χ1v) is 12.4. The molecule has 1 atom stereocenters. The Labute approximate surface area is 188 Å². The number of fused-ring (bicyclic) bond motifs is 1. The molecule has 0 bridgehead atoms. The molecule has 3 aromatic rings. The summed E-state index contributed by atoms with van der Waals surface area (Å²) < 4.78 is 40.4. The van der Waals surface area contributed by atoms with Crippen molar-refractivity contribution in [2.24, 2.45) is 13.0 Å². The Kier molecular flexibility index (Phi) is 6.19. The van der Waals surface area contributed by atoms with Crippen LogP contribution in [0.4, 0.5) is 13.2 Å². The summed E-state index contributed by atoms with van der Waals surface area (Å²) in [6.45, 7) is 0.411. The average Bonchev–Trinajstić information content (AvgIpc) is 3.25. The first-order chi connectivity index (χ1) is 14.7. The largest absolute Gasteiger partial charge is 0.406 e. The van der Waals surface area contributed by atoms with Gasteiger partial charge in [0.25, 0.3) is 5.56 Å².